The summed E-state index contributed by atoms with van der Waals surface area (Å²) in [7, 11) is 0. The lowest BCUT2D eigenvalue weighted by Gasteiger charge is -2.31. The Morgan fingerprint density at radius 2 is 1.97 bits per heavy atom. The lowest BCUT2D eigenvalue weighted by Crippen LogP contribution is -2.36. The van der Waals surface area contributed by atoms with Crippen molar-refractivity contribution in [3.05, 3.63) is 77.1 Å². The van der Waals surface area contributed by atoms with E-state index in [1.807, 2.05) is 19.1 Å². The highest BCUT2D eigenvalue weighted by Crippen LogP contribution is 2.24. The molecule has 1 fully saturated rings. The molecule has 0 radical (unpaired) electrons. The standard InChI is InChI=1S/C22H23F2N5S/c1-15-11-22(30-28-21-8-3-7-20(24)27-21)26-13-19(15)25-12-17-16(5-2-6-18(17)23)14-29-9-4-10-29/h2-3,5-8,11,13,25H,4,9-10,12,14H2,1H3,(H,27,28). The Hall–Kier alpha value is -2.71. The van der Waals surface area contributed by atoms with Crippen molar-refractivity contribution in [3.63, 3.8) is 0 Å². The van der Waals surface area contributed by atoms with Gasteiger partial charge < -0.3 is 10.0 Å². The maximum atomic E-state index is 14.5. The largest absolute Gasteiger partial charge is 0.379 e. The number of hydrogen-bond acceptors (Lipinski definition) is 6. The molecule has 1 aliphatic rings. The van der Waals surface area contributed by atoms with Gasteiger partial charge in [-0.1, -0.05) is 18.2 Å². The Kier molecular flexibility index (Phi) is 6.44. The van der Waals surface area contributed by atoms with Gasteiger partial charge in [-0.2, -0.15) is 4.39 Å². The summed E-state index contributed by atoms with van der Waals surface area (Å²) in [5.74, 6) is -0.299. The number of aromatic nitrogens is 2. The van der Waals surface area contributed by atoms with Crippen LogP contribution in [0, 0.1) is 18.7 Å². The second kappa shape index (κ2) is 9.40. The van der Waals surface area contributed by atoms with E-state index in [-0.39, 0.29) is 5.82 Å². The molecule has 0 unspecified atom stereocenters. The fourth-order valence-electron chi connectivity index (χ4n) is 3.25. The lowest BCUT2D eigenvalue weighted by molar-refractivity contribution is 0.172. The van der Waals surface area contributed by atoms with Gasteiger partial charge in [-0.3, -0.25) is 4.90 Å². The predicted molar refractivity (Wildman–Crippen MR) is 116 cm³/mol. The van der Waals surface area contributed by atoms with Gasteiger partial charge in [0.25, 0.3) is 0 Å². The van der Waals surface area contributed by atoms with E-state index >= 15 is 0 Å². The van der Waals surface area contributed by atoms with Crippen molar-refractivity contribution in [1.29, 1.82) is 0 Å². The van der Waals surface area contributed by atoms with Crippen molar-refractivity contribution < 1.29 is 8.78 Å². The van der Waals surface area contributed by atoms with E-state index in [1.54, 1.807) is 24.4 Å². The second-order valence-electron chi connectivity index (χ2n) is 7.25. The van der Waals surface area contributed by atoms with Gasteiger partial charge in [-0.15, -0.1) is 0 Å². The van der Waals surface area contributed by atoms with Crippen molar-refractivity contribution in [1.82, 2.24) is 14.9 Å². The molecule has 2 aromatic heterocycles. The quantitative estimate of drug-likeness (QED) is 0.390. The molecule has 4 rings (SSSR count). The monoisotopic (exact) mass is 427 g/mol. The fourth-order valence-corrected chi connectivity index (χ4v) is 3.92. The summed E-state index contributed by atoms with van der Waals surface area (Å²) in [4.78, 5) is 10.5. The van der Waals surface area contributed by atoms with Crippen molar-refractivity contribution in [2.45, 2.75) is 31.5 Å². The molecular weight excluding hydrogens is 404 g/mol. The first-order valence-electron chi connectivity index (χ1n) is 9.83. The van der Waals surface area contributed by atoms with E-state index in [0.717, 1.165) is 41.5 Å². The van der Waals surface area contributed by atoms with Crippen molar-refractivity contribution in [2.24, 2.45) is 0 Å². The molecule has 1 aromatic carbocycles. The van der Waals surface area contributed by atoms with E-state index in [4.69, 9.17) is 0 Å². The van der Waals surface area contributed by atoms with E-state index in [9.17, 15) is 8.78 Å². The first kappa shape index (κ1) is 20.6. The molecule has 156 valence electrons. The molecular formula is C22H23F2N5S. The summed E-state index contributed by atoms with van der Waals surface area (Å²) in [6, 6.07) is 11.8. The minimum absolute atomic E-state index is 0.190. The molecule has 1 saturated heterocycles. The van der Waals surface area contributed by atoms with Crippen LogP contribution in [0.15, 0.2) is 53.7 Å². The Morgan fingerprint density at radius 1 is 1.13 bits per heavy atom. The molecule has 0 spiro atoms. The third-order valence-corrected chi connectivity index (χ3v) is 5.82. The van der Waals surface area contributed by atoms with Crippen LogP contribution in [0.5, 0.6) is 0 Å². The summed E-state index contributed by atoms with van der Waals surface area (Å²) >= 11 is 1.26. The fraction of sp³-hybridized carbons (Fsp3) is 0.273. The van der Waals surface area contributed by atoms with Crippen molar-refractivity contribution in [3.8, 4) is 0 Å². The summed E-state index contributed by atoms with van der Waals surface area (Å²) in [5, 5.41) is 4.05. The van der Waals surface area contributed by atoms with E-state index in [0.29, 0.717) is 17.9 Å². The van der Waals surface area contributed by atoms with Crippen molar-refractivity contribution >= 4 is 23.5 Å². The zero-order valence-electron chi connectivity index (χ0n) is 16.7. The number of benzene rings is 1. The summed E-state index contributed by atoms with van der Waals surface area (Å²) in [5.41, 5.74) is 3.55. The number of likely N-dealkylation sites (tertiary alicyclic amines) is 1. The van der Waals surface area contributed by atoms with Crippen LogP contribution >= 0.6 is 11.9 Å². The maximum absolute atomic E-state index is 14.5. The number of pyridine rings is 2. The van der Waals surface area contributed by atoms with Gasteiger partial charge in [0.1, 0.15) is 16.7 Å². The number of halogens is 2. The summed E-state index contributed by atoms with van der Waals surface area (Å²) in [6.07, 6.45) is 2.94. The molecule has 3 aromatic rings. The lowest BCUT2D eigenvalue weighted by atomic mass is 10.0. The zero-order chi connectivity index (χ0) is 20.9. The van der Waals surface area contributed by atoms with Crippen LogP contribution in [0.2, 0.25) is 0 Å². The van der Waals surface area contributed by atoms with E-state index in [2.05, 4.69) is 24.9 Å². The smallest absolute Gasteiger partial charge is 0.214 e. The highest BCUT2D eigenvalue weighted by Gasteiger charge is 2.17. The van der Waals surface area contributed by atoms with Gasteiger partial charge in [0.2, 0.25) is 5.95 Å². The highest BCUT2D eigenvalue weighted by atomic mass is 32.2. The molecule has 3 heterocycles. The third-order valence-electron chi connectivity index (χ3n) is 5.08. The normalized spacial score (nSPS) is 13.7. The third kappa shape index (κ3) is 5.06. The Labute approximate surface area is 179 Å². The predicted octanol–water partition coefficient (Wildman–Crippen LogP) is 5.00. The highest BCUT2D eigenvalue weighted by molar-refractivity contribution is 8.00. The molecule has 30 heavy (non-hydrogen) atoms. The van der Waals surface area contributed by atoms with Gasteiger partial charge in [-0.25, -0.2) is 14.4 Å². The topological polar surface area (TPSA) is 53.1 Å². The van der Waals surface area contributed by atoms with Crippen LogP contribution in [0.3, 0.4) is 0 Å². The molecule has 5 nitrogen and oxygen atoms in total. The van der Waals surface area contributed by atoms with Crippen LogP contribution in [0.25, 0.3) is 0 Å². The van der Waals surface area contributed by atoms with Gasteiger partial charge in [0.05, 0.1) is 11.9 Å². The Morgan fingerprint density at radius 3 is 2.70 bits per heavy atom. The summed E-state index contributed by atoms with van der Waals surface area (Å²) in [6.45, 7) is 5.30. The maximum Gasteiger partial charge on any atom is 0.214 e. The molecule has 1 aliphatic heterocycles. The molecule has 2 N–H and O–H groups in total. The molecule has 0 bridgehead atoms. The van der Waals surface area contributed by atoms with Crippen LogP contribution in [0.1, 0.15) is 23.1 Å². The zero-order valence-corrected chi connectivity index (χ0v) is 17.5. The van der Waals surface area contributed by atoms with Gasteiger partial charge in [-0.05, 0) is 61.8 Å². The van der Waals surface area contributed by atoms with Crippen LogP contribution < -0.4 is 10.0 Å². The van der Waals surface area contributed by atoms with Gasteiger partial charge in [0.15, 0.2) is 0 Å². The van der Waals surface area contributed by atoms with Gasteiger partial charge in [0, 0.05) is 30.6 Å². The van der Waals surface area contributed by atoms with Crippen molar-refractivity contribution in [2.75, 3.05) is 23.1 Å². The van der Waals surface area contributed by atoms with E-state index in [1.165, 1.54) is 30.5 Å². The van der Waals surface area contributed by atoms with Crippen LogP contribution in [0.4, 0.5) is 20.3 Å². The Balaban J connectivity index is 1.39. The Bertz CT molecular complexity index is 1030. The molecule has 0 aliphatic carbocycles. The molecule has 0 saturated carbocycles. The minimum atomic E-state index is -0.536. The first-order chi connectivity index (χ1) is 14.6. The number of rotatable bonds is 8. The van der Waals surface area contributed by atoms with Crippen LogP contribution in [-0.2, 0) is 13.1 Å². The SMILES string of the molecule is Cc1cc(SNc2cccc(F)n2)ncc1NCc1c(F)cccc1CN1CCC1. The minimum Gasteiger partial charge on any atom is -0.379 e. The number of nitrogens with zero attached hydrogens (tertiary/aromatic N) is 3. The first-order valence-corrected chi connectivity index (χ1v) is 10.6. The average Bonchev–Trinajstić information content (AvgIpc) is 2.70. The number of anilines is 2. The molecule has 8 heteroatoms. The second-order valence-corrected chi connectivity index (χ2v) is 8.07. The number of aryl methyl sites for hydroxylation is 1. The molecule has 0 atom stereocenters. The average molecular weight is 428 g/mol. The van der Waals surface area contributed by atoms with E-state index < -0.39 is 5.95 Å². The number of hydrogen-bond donors (Lipinski definition) is 2. The number of nitrogens with one attached hydrogen (secondary N) is 2. The van der Waals surface area contributed by atoms with Gasteiger partial charge >= 0.3 is 0 Å². The molecule has 0 amide bonds. The summed E-state index contributed by atoms with van der Waals surface area (Å²) < 4.78 is 30.6. The van der Waals surface area contributed by atoms with Crippen LogP contribution in [-0.4, -0.2) is 28.0 Å².